The Morgan fingerprint density at radius 3 is 2.86 bits per heavy atom. The molecule has 1 aromatic rings. The van der Waals surface area contributed by atoms with Gasteiger partial charge in [-0.25, -0.2) is 13.4 Å². The summed E-state index contributed by atoms with van der Waals surface area (Å²) < 4.78 is 27.9. The number of carbonyl (C=O) groups excluding carboxylic acids is 1. The van der Waals surface area contributed by atoms with Crippen LogP contribution in [-0.4, -0.2) is 25.4 Å². The number of hydrogen-bond donors (Lipinski definition) is 0. The smallest absolute Gasteiger partial charge is 0.213 e. The Morgan fingerprint density at radius 2 is 2.36 bits per heavy atom. The second kappa shape index (κ2) is 3.20. The zero-order valence-electron chi connectivity index (χ0n) is 7.34. The van der Waals surface area contributed by atoms with Gasteiger partial charge in [-0.3, -0.25) is 4.79 Å². The van der Waals surface area contributed by atoms with Gasteiger partial charge in [0.25, 0.3) is 0 Å². The van der Waals surface area contributed by atoms with Crippen molar-refractivity contribution in [1.29, 1.82) is 0 Å². The van der Waals surface area contributed by atoms with Crippen molar-refractivity contribution in [2.75, 3.05) is 5.75 Å². The molecule has 1 unspecified atom stereocenters. The molecule has 1 aliphatic rings. The van der Waals surface area contributed by atoms with Gasteiger partial charge in [0.1, 0.15) is 17.2 Å². The number of rotatable bonds is 2. The van der Waals surface area contributed by atoms with Crippen molar-refractivity contribution < 1.29 is 17.6 Å². The molecule has 0 bridgehead atoms. The van der Waals surface area contributed by atoms with E-state index in [2.05, 4.69) is 4.98 Å². The summed E-state index contributed by atoms with van der Waals surface area (Å²) in [7, 11) is -3.11. The summed E-state index contributed by atoms with van der Waals surface area (Å²) >= 11 is 0. The van der Waals surface area contributed by atoms with Gasteiger partial charge in [0.15, 0.2) is 16.1 Å². The van der Waals surface area contributed by atoms with Crippen molar-refractivity contribution in [3.8, 4) is 0 Å². The molecule has 2 rings (SSSR count). The molecule has 0 aromatic carbocycles. The highest BCUT2D eigenvalue weighted by Crippen LogP contribution is 2.33. The van der Waals surface area contributed by atoms with E-state index in [1.807, 2.05) is 0 Å². The summed E-state index contributed by atoms with van der Waals surface area (Å²) in [5.74, 6) is 0.320. The van der Waals surface area contributed by atoms with Crippen LogP contribution in [0.25, 0.3) is 0 Å². The second-order valence-corrected chi connectivity index (χ2v) is 5.53. The van der Waals surface area contributed by atoms with Crippen LogP contribution in [0.2, 0.25) is 0 Å². The van der Waals surface area contributed by atoms with Crippen LogP contribution in [0, 0.1) is 0 Å². The van der Waals surface area contributed by atoms with Crippen molar-refractivity contribution in [1.82, 2.24) is 4.98 Å². The molecule has 0 saturated carbocycles. The van der Waals surface area contributed by atoms with Crippen LogP contribution in [0.4, 0.5) is 0 Å². The maximum absolute atomic E-state index is 11.5. The molecule has 1 fully saturated rings. The Labute approximate surface area is 81.1 Å². The summed E-state index contributed by atoms with van der Waals surface area (Å²) in [6.45, 7) is 0. The molecule has 0 radical (unpaired) electrons. The van der Waals surface area contributed by atoms with Gasteiger partial charge in [0.05, 0.1) is 5.75 Å². The van der Waals surface area contributed by atoms with Crippen molar-refractivity contribution in [2.24, 2.45) is 0 Å². The number of nitrogens with zero attached hydrogens (tertiary/aromatic N) is 1. The largest absolute Gasteiger partial charge is 0.447 e. The van der Waals surface area contributed by atoms with Gasteiger partial charge >= 0.3 is 0 Å². The van der Waals surface area contributed by atoms with E-state index in [9.17, 15) is 13.2 Å². The molecule has 0 N–H and O–H groups in total. The van der Waals surface area contributed by atoms with E-state index in [1.54, 1.807) is 0 Å². The number of aldehydes is 1. The Balaban J connectivity index is 2.35. The maximum atomic E-state index is 11.5. The lowest BCUT2D eigenvalue weighted by Crippen LogP contribution is -2.08. The molecule has 6 heteroatoms. The summed E-state index contributed by atoms with van der Waals surface area (Å²) in [6.07, 6.45) is 2.87. The lowest BCUT2D eigenvalue weighted by atomic mass is 10.2. The topological polar surface area (TPSA) is 77.2 Å². The minimum absolute atomic E-state index is 0.141. The van der Waals surface area contributed by atoms with Gasteiger partial charge in [-0.2, -0.15) is 0 Å². The van der Waals surface area contributed by atoms with E-state index in [1.165, 1.54) is 6.26 Å². The van der Waals surface area contributed by atoms with Crippen LogP contribution in [-0.2, 0) is 9.84 Å². The average molecular weight is 215 g/mol. The molecular weight excluding hydrogens is 206 g/mol. The van der Waals surface area contributed by atoms with Crippen LogP contribution in [0.1, 0.15) is 34.5 Å². The normalized spacial score (nSPS) is 25.0. The molecule has 76 valence electrons. The van der Waals surface area contributed by atoms with Crippen LogP contribution < -0.4 is 0 Å². The quantitative estimate of drug-likeness (QED) is 0.680. The molecule has 0 aliphatic carbocycles. The highest BCUT2D eigenvalue weighted by atomic mass is 32.2. The highest BCUT2D eigenvalue weighted by Gasteiger charge is 2.36. The van der Waals surface area contributed by atoms with Crippen LogP contribution >= 0.6 is 0 Å². The molecule has 14 heavy (non-hydrogen) atoms. The first kappa shape index (κ1) is 9.39. The first-order chi connectivity index (χ1) is 6.63. The number of oxazole rings is 1. The average Bonchev–Trinajstić information content (AvgIpc) is 2.70. The lowest BCUT2D eigenvalue weighted by Gasteiger charge is -2.02. The highest BCUT2D eigenvalue weighted by molar-refractivity contribution is 7.91. The van der Waals surface area contributed by atoms with E-state index < -0.39 is 15.1 Å². The summed E-state index contributed by atoms with van der Waals surface area (Å²) in [4.78, 5) is 14.1. The van der Waals surface area contributed by atoms with Crippen LogP contribution in [0.3, 0.4) is 0 Å². The first-order valence-electron chi connectivity index (χ1n) is 4.25. The fourth-order valence-electron chi connectivity index (χ4n) is 1.57. The van der Waals surface area contributed by atoms with Crippen molar-refractivity contribution in [3.63, 3.8) is 0 Å². The zero-order valence-corrected chi connectivity index (χ0v) is 8.16. The fourth-order valence-corrected chi connectivity index (χ4v) is 3.37. The van der Waals surface area contributed by atoms with E-state index >= 15 is 0 Å². The lowest BCUT2D eigenvalue weighted by molar-refractivity contribution is 0.111. The third-order valence-corrected chi connectivity index (χ3v) is 4.43. The van der Waals surface area contributed by atoms with Gasteiger partial charge in [0.2, 0.25) is 5.89 Å². The summed E-state index contributed by atoms with van der Waals surface area (Å²) in [5, 5.41) is -0.656. The number of hydrogen-bond acceptors (Lipinski definition) is 5. The van der Waals surface area contributed by atoms with E-state index in [-0.39, 0.29) is 17.3 Å². The summed E-state index contributed by atoms with van der Waals surface area (Å²) in [6, 6.07) is 0. The fraction of sp³-hybridized carbons (Fsp3) is 0.500. The van der Waals surface area contributed by atoms with E-state index in [0.29, 0.717) is 19.1 Å². The van der Waals surface area contributed by atoms with Gasteiger partial charge in [-0.1, -0.05) is 0 Å². The van der Waals surface area contributed by atoms with Gasteiger partial charge < -0.3 is 4.42 Å². The third-order valence-electron chi connectivity index (χ3n) is 2.26. The molecular formula is C8H9NO4S. The third kappa shape index (κ3) is 1.45. The minimum atomic E-state index is -3.11. The van der Waals surface area contributed by atoms with Gasteiger partial charge in [-0.05, 0) is 12.8 Å². The Morgan fingerprint density at radius 1 is 1.57 bits per heavy atom. The molecule has 1 saturated heterocycles. The van der Waals surface area contributed by atoms with E-state index in [0.717, 1.165) is 0 Å². The van der Waals surface area contributed by atoms with Crippen molar-refractivity contribution >= 4 is 16.1 Å². The maximum Gasteiger partial charge on any atom is 0.213 e. The van der Waals surface area contributed by atoms with Crippen LogP contribution in [0.15, 0.2) is 10.7 Å². The van der Waals surface area contributed by atoms with Gasteiger partial charge in [0, 0.05) is 0 Å². The van der Waals surface area contributed by atoms with E-state index in [4.69, 9.17) is 4.42 Å². The molecule has 0 amide bonds. The Hall–Kier alpha value is -1.17. The predicted molar refractivity (Wildman–Crippen MR) is 47.7 cm³/mol. The second-order valence-electron chi connectivity index (χ2n) is 3.23. The monoisotopic (exact) mass is 215 g/mol. The van der Waals surface area contributed by atoms with Crippen molar-refractivity contribution in [3.05, 3.63) is 17.8 Å². The number of aromatic nitrogens is 1. The molecule has 1 aliphatic heterocycles. The first-order valence-corrected chi connectivity index (χ1v) is 5.97. The van der Waals surface area contributed by atoms with Crippen LogP contribution in [0.5, 0.6) is 0 Å². The Kier molecular flexibility index (Phi) is 2.14. The molecule has 1 atom stereocenters. The molecule has 5 nitrogen and oxygen atoms in total. The number of sulfone groups is 1. The van der Waals surface area contributed by atoms with Gasteiger partial charge in [-0.15, -0.1) is 0 Å². The predicted octanol–water partition coefficient (Wildman–Crippen LogP) is 0.737. The molecule has 1 aromatic heterocycles. The zero-order chi connectivity index (χ0) is 10.2. The number of carbonyl (C=O) groups is 1. The van der Waals surface area contributed by atoms with Crippen molar-refractivity contribution in [2.45, 2.75) is 18.1 Å². The standard InChI is InChI=1S/C8H9NO4S/c10-4-6-5-13-8(9-6)7-2-1-3-14(7,11)12/h4-5,7H,1-3H2. The minimum Gasteiger partial charge on any atom is -0.447 e. The SMILES string of the molecule is O=Cc1coc(C2CCCS2(=O)=O)n1. The molecule has 0 spiro atoms. The molecule has 2 heterocycles. The summed E-state index contributed by atoms with van der Waals surface area (Å²) in [5.41, 5.74) is 0.141. The Bertz CT molecular complexity index is 448.